The summed E-state index contributed by atoms with van der Waals surface area (Å²) in [4.78, 5) is 7.00. The van der Waals surface area contributed by atoms with Crippen LogP contribution >= 0.6 is 24.0 Å². The van der Waals surface area contributed by atoms with Crippen LogP contribution in [0.25, 0.3) is 0 Å². The lowest BCUT2D eigenvalue weighted by molar-refractivity contribution is 0.428. The lowest BCUT2D eigenvalue weighted by Crippen LogP contribution is -2.38. The van der Waals surface area contributed by atoms with Crippen LogP contribution in [0.2, 0.25) is 0 Å². The molecule has 3 rings (SSSR count). The fourth-order valence-corrected chi connectivity index (χ4v) is 2.93. The van der Waals surface area contributed by atoms with E-state index in [1.165, 1.54) is 31.2 Å². The van der Waals surface area contributed by atoms with Crippen molar-refractivity contribution in [3.8, 4) is 0 Å². The Morgan fingerprint density at radius 3 is 2.35 bits per heavy atom. The topological polar surface area (TPSA) is 41.6 Å². The van der Waals surface area contributed by atoms with E-state index in [2.05, 4.69) is 35.2 Å². The van der Waals surface area contributed by atoms with Gasteiger partial charge in [0.25, 0.3) is 0 Å². The van der Waals surface area contributed by atoms with Crippen molar-refractivity contribution in [3.05, 3.63) is 35.9 Å². The molecular formula is C16H24IN3. The molecule has 0 aromatic heterocycles. The summed E-state index contributed by atoms with van der Waals surface area (Å²) >= 11 is 0. The Morgan fingerprint density at radius 1 is 1.05 bits per heavy atom. The van der Waals surface area contributed by atoms with Crippen molar-refractivity contribution in [3.63, 3.8) is 0 Å². The van der Waals surface area contributed by atoms with Crippen LogP contribution < -0.4 is 5.73 Å². The normalized spacial score (nSPS) is 26.6. The van der Waals surface area contributed by atoms with Gasteiger partial charge in [0.1, 0.15) is 0 Å². The van der Waals surface area contributed by atoms with Crippen molar-refractivity contribution < 1.29 is 0 Å². The second-order valence-electron chi connectivity index (χ2n) is 5.71. The molecule has 1 aliphatic heterocycles. The SMILES string of the molecule is I.NC(=NC1CC1c1ccccc1)N1CCCCCC1. The van der Waals surface area contributed by atoms with E-state index in [1.54, 1.807) is 0 Å². The molecule has 4 heteroatoms. The first-order valence-corrected chi connectivity index (χ1v) is 7.48. The summed E-state index contributed by atoms with van der Waals surface area (Å²) in [5.41, 5.74) is 7.58. The minimum absolute atomic E-state index is 0. The number of nitrogens with zero attached hydrogens (tertiary/aromatic N) is 2. The maximum absolute atomic E-state index is 6.18. The maximum Gasteiger partial charge on any atom is 0.191 e. The Morgan fingerprint density at radius 2 is 1.70 bits per heavy atom. The van der Waals surface area contributed by atoms with E-state index in [0.717, 1.165) is 25.5 Å². The first kappa shape index (κ1) is 15.6. The smallest absolute Gasteiger partial charge is 0.191 e. The molecule has 2 aliphatic rings. The number of halogens is 1. The van der Waals surface area contributed by atoms with E-state index in [0.29, 0.717) is 12.0 Å². The van der Waals surface area contributed by atoms with Gasteiger partial charge in [-0.3, -0.25) is 0 Å². The average molecular weight is 385 g/mol. The molecule has 2 atom stereocenters. The molecule has 0 radical (unpaired) electrons. The Labute approximate surface area is 138 Å². The number of hydrogen-bond acceptors (Lipinski definition) is 1. The number of hydrogen-bond donors (Lipinski definition) is 1. The van der Waals surface area contributed by atoms with E-state index < -0.39 is 0 Å². The monoisotopic (exact) mass is 385 g/mol. The zero-order valence-electron chi connectivity index (χ0n) is 11.9. The van der Waals surface area contributed by atoms with E-state index >= 15 is 0 Å². The molecule has 1 aliphatic carbocycles. The molecule has 2 fully saturated rings. The highest BCUT2D eigenvalue weighted by Crippen LogP contribution is 2.43. The van der Waals surface area contributed by atoms with Gasteiger partial charge in [-0.05, 0) is 24.8 Å². The van der Waals surface area contributed by atoms with Gasteiger partial charge in [0.05, 0.1) is 6.04 Å². The Kier molecular flexibility index (Phi) is 5.69. The van der Waals surface area contributed by atoms with Crippen LogP contribution in [0.15, 0.2) is 35.3 Å². The van der Waals surface area contributed by atoms with Crippen LogP contribution in [-0.4, -0.2) is 30.0 Å². The number of rotatable bonds is 2. The van der Waals surface area contributed by atoms with Crippen LogP contribution in [0.1, 0.15) is 43.6 Å². The molecule has 110 valence electrons. The molecule has 2 N–H and O–H groups in total. The summed E-state index contributed by atoms with van der Waals surface area (Å²) < 4.78 is 0. The van der Waals surface area contributed by atoms with E-state index in [4.69, 9.17) is 10.7 Å². The van der Waals surface area contributed by atoms with Gasteiger partial charge in [-0.1, -0.05) is 43.2 Å². The molecule has 1 saturated carbocycles. The lowest BCUT2D eigenvalue weighted by Gasteiger charge is -2.21. The molecule has 1 heterocycles. The third-order valence-corrected chi connectivity index (χ3v) is 4.21. The zero-order valence-corrected chi connectivity index (χ0v) is 14.2. The molecule has 1 aromatic rings. The van der Waals surface area contributed by atoms with Crippen LogP contribution in [0.5, 0.6) is 0 Å². The van der Waals surface area contributed by atoms with Gasteiger partial charge >= 0.3 is 0 Å². The van der Waals surface area contributed by atoms with Crippen molar-refractivity contribution in [2.75, 3.05) is 13.1 Å². The van der Waals surface area contributed by atoms with Crippen LogP contribution in [-0.2, 0) is 0 Å². The van der Waals surface area contributed by atoms with Gasteiger partial charge < -0.3 is 10.6 Å². The number of aliphatic imine (C=N–C) groups is 1. The maximum atomic E-state index is 6.18. The number of benzene rings is 1. The summed E-state index contributed by atoms with van der Waals surface area (Å²) in [5, 5.41) is 0. The molecule has 0 amide bonds. The van der Waals surface area contributed by atoms with Crippen molar-refractivity contribution in [1.29, 1.82) is 0 Å². The van der Waals surface area contributed by atoms with E-state index in [9.17, 15) is 0 Å². The van der Waals surface area contributed by atoms with E-state index in [-0.39, 0.29) is 24.0 Å². The molecular weight excluding hydrogens is 361 g/mol. The summed E-state index contributed by atoms with van der Waals surface area (Å²) in [6.45, 7) is 2.16. The second kappa shape index (κ2) is 7.29. The zero-order chi connectivity index (χ0) is 13.1. The molecule has 20 heavy (non-hydrogen) atoms. The quantitative estimate of drug-likeness (QED) is 0.482. The fourth-order valence-electron chi connectivity index (χ4n) is 2.93. The molecule has 0 spiro atoms. The third kappa shape index (κ3) is 3.87. The van der Waals surface area contributed by atoms with Crippen molar-refractivity contribution in [2.45, 2.75) is 44.1 Å². The van der Waals surface area contributed by atoms with Gasteiger partial charge in [-0.25, -0.2) is 4.99 Å². The Bertz CT molecular complexity index is 438. The predicted molar refractivity (Wildman–Crippen MR) is 94.7 cm³/mol. The minimum Gasteiger partial charge on any atom is -0.370 e. The van der Waals surface area contributed by atoms with Crippen LogP contribution in [0.3, 0.4) is 0 Å². The first-order valence-electron chi connectivity index (χ1n) is 7.48. The molecule has 2 unspecified atom stereocenters. The highest BCUT2D eigenvalue weighted by atomic mass is 127. The lowest BCUT2D eigenvalue weighted by atomic mass is 10.1. The first-order chi connectivity index (χ1) is 9.34. The van der Waals surface area contributed by atoms with Gasteiger partial charge in [-0.15, -0.1) is 24.0 Å². The number of nitrogens with two attached hydrogens (primary N) is 1. The van der Waals surface area contributed by atoms with Gasteiger partial charge in [0.2, 0.25) is 0 Å². The third-order valence-electron chi connectivity index (χ3n) is 4.21. The molecule has 1 saturated heterocycles. The summed E-state index contributed by atoms with van der Waals surface area (Å²) in [6, 6.07) is 11.1. The van der Waals surface area contributed by atoms with Gasteiger partial charge in [0, 0.05) is 19.0 Å². The van der Waals surface area contributed by atoms with Crippen molar-refractivity contribution in [1.82, 2.24) is 4.90 Å². The second-order valence-corrected chi connectivity index (χ2v) is 5.71. The van der Waals surface area contributed by atoms with Gasteiger partial charge in [0.15, 0.2) is 5.96 Å². The average Bonchev–Trinajstić information content (AvgIpc) is 3.22. The van der Waals surface area contributed by atoms with Crippen LogP contribution in [0.4, 0.5) is 0 Å². The van der Waals surface area contributed by atoms with Gasteiger partial charge in [-0.2, -0.15) is 0 Å². The number of likely N-dealkylation sites (tertiary alicyclic amines) is 1. The molecule has 3 nitrogen and oxygen atoms in total. The molecule has 1 aromatic carbocycles. The summed E-state index contributed by atoms with van der Waals surface area (Å²) in [6.07, 6.45) is 6.32. The summed E-state index contributed by atoms with van der Waals surface area (Å²) in [5.74, 6) is 1.36. The molecule has 0 bridgehead atoms. The van der Waals surface area contributed by atoms with Crippen molar-refractivity contribution >= 4 is 29.9 Å². The van der Waals surface area contributed by atoms with E-state index in [1.807, 2.05) is 0 Å². The number of guanidine groups is 1. The fraction of sp³-hybridized carbons (Fsp3) is 0.562. The largest absolute Gasteiger partial charge is 0.370 e. The highest BCUT2D eigenvalue weighted by molar-refractivity contribution is 14.0. The minimum atomic E-state index is 0. The van der Waals surface area contributed by atoms with Crippen molar-refractivity contribution in [2.24, 2.45) is 10.7 Å². The standard InChI is InChI=1S/C16H23N3.HI/c17-16(19-10-6-1-2-7-11-19)18-15-12-14(15)13-8-4-3-5-9-13;/h3-5,8-9,14-15H,1-2,6-7,10-12H2,(H2,17,18);1H. The predicted octanol–water partition coefficient (Wildman–Crippen LogP) is 3.35. The Hall–Kier alpha value is -0.780. The highest BCUT2D eigenvalue weighted by Gasteiger charge is 2.38. The summed E-state index contributed by atoms with van der Waals surface area (Å²) in [7, 11) is 0. The van der Waals surface area contributed by atoms with Crippen LogP contribution in [0, 0.1) is 0 Å². The Balaban J connectivity index is 0.00000147.